The first kappa shape index (κ1) is 15.5. The van der Waals surface area contributed by atoms with Crippen LogP contribution in [-0.4, -0.2) is 23.3 Å². The third-order valence-corrected chi connectivity index (χ3v) is 3.93. The Balaban J connectivity index is 1.92. The van der Waals surface area contributed by atoms with Crippen LogP contribution in [0.5, 0.6) is 0 Å². The van der Waals surface area contributed by atoms with Gasteiger partial charge < -0.3 is 10.2 Å². The summed E-state index contributed by atoms with van der Waals surface area (Å²) >= 11 is 6.05. The molecule has 6 heteroatoms. The molecule has 5 nitrogen and oxygen atoms in total. The fourth-order valence-corrected chi connectivity index (χ4v) is 2.79. The van der Waals surface area contributed by atoms with Crippen LogP contribution in [0.15, 0.2) is 36.4 Å². The second-order valence-corrected chi connectivity index (χ2v) is 5.87. The monoisotopic (exact) mass is 329 g/mol. The molecule has 1 N–H and O–H groups in total. The molecule has 0 spiro atoms. The Morgan fingerprint density at radius 2 is 2.13 bits per heavy atom. The topological polar surface area (TPSA) is 62.3 Å². The highest BCUT2D eigenvalue weighted by molar-refractivity contribution is 6.31. The van der Waals surface area contributed by atoms with Gasteiger partial charge in [-0.15, -0.1) is 0 Å². The van der Waals surface area contributed by atoms with E-state index in [1.165, 1.54) is 0 Å². The van der Waals surface area contributed by atoms with E-state index in [1.54, 1.807) is 29.2 Å². The summed E-state index contributed by atoms with van der Waals surface area (Å²) in [6.45, 7) is 2.45. The number of aromatic nitrogens is 1. The number of hydrogen-bond donors (Lipinski definition) is 1. The van der Waals surface area contributed by atoms with Gasteiger partial charge in [0.25, 0.3) is 5.91 Å². The Morgan fingerprint density at radius 1 is 1.30 bits per heavy atom. The first-order valence-electron chi connectivity index (χ1n) is 7.39. The van der Waals surface area contributed by atoms with Crippen LogP contribution in [-0.2, 0) is 4.79 Å². The van der Waals surface area contributed by atoms with Crippen molar-refractivity contribution in [2.45, 2.75) is 19.8 Å². The number of carbonyl (C=O) groups excluding carboxylic acids is 2. The first-order chi connectivity index (χ1) is 11.0. The molecule has 3 rings (SSSR count). The molecule has 1 fully saturated rings. The van der Waals surface area contributed by atoms with Crippen molar-refractivity contribution in [1.29, 1.82) is 0 Å². The molecule has 0 saturated carbocycles. The Labute approximate surface area is 139 Å². The van der Waals surface area contributed by atoms with Gasteiger partial charge in [-0.25, -0.2) is 4.98 Å². The third-order valence-electron chi connectivity index (χ3n) is 3.70. The molecule has 0 bridgehead atoms. The Morgan fingerprint density at radius 3 is 2.83 bits per heavy atom. The molecular formula is C17H16ClN3O2. The van der Waals surface area contributed by atoms with Crippen molar-refractivity contribution < 1.29 is 9.59 Å². The lowest BCUT2D eigenvalue weighted by Gasteiger charge is -2.19. The molecule has 118 valence electrons. The number of rotatable bonds is 3. The van der Waals surface area contributed by atoms with E-state index in [4.69, 9.17) is 11.6 Å². The summed E-state index contributed by atoms with van der Waals surface area (Å²) in [7, 11) is 0. The highest BCUT2D eigenvalue weighted by atomic mass is 35.5. The van der Waals surface area contributed by atoms with Crippen LogP contribution in [0.1, 0.15) is 28.9 Å². The molecule has 1 aliphatic heterocycles. The lowest BCUT2D eigenvalue weighted by atomic mass is 10.1. The molecule has 2 aromatic rings. The van der Waals surface area contributed by atoms with Crippen LogP contribution in [0.3, 0.4) is 0 Å². The normalized spacial score (nSPS) is 14.2. The predicted octanol–water partition coefficient (Wildman–Crippen LogP) is 3.42. The number of carbonyl (C=O) groups is 2. The molecule has 0 atom stereocenters. The molecule has 1 saturated heterocycles. The van der Waals surface area contributed by atoms with Gasteiger partial charge >= 0.3 is 0 Å². The predicted molar refractivity (Wildman–Crippen MR) is 90.0 cm³/mol. The minimum Gasteiger partial charge on any atom is -0.312 e. The summed E-state index contributed by atoms with van der Waals surface area (Å²) in [6.07, 6.45) is 1.28. The van der Waals surface area contributed by atoms with Crippen LogP contribution in [0.4, 0.5) is 11.5 Å². The van der Waals surface area contributed by atoms with Gasteiger partial charge in [0, 0.05) is 23.7 Å². The summed E-state index contributed by atoms with van der Waals surface area (Å²) in [5.41, 5.74) is 1.77. The number of halogens is 1. The molecular weight excluding hydrogens is 314 g/mol. The Bertz CT molecular complexity index is 776. The maximum Gasteiger partial charge on any atom is 0.258 e. The van der Waals surface area contributed by atoms with Gasteiger partial charge in [0.15, 0.2) is 0 Å². The number of amides is 2. The van der Waals surface area contributed by atoms with Crippen molar-refractivity contribution >= 4 is 34.9 Å². The average molecular weight is 330 g/mol. The van der Waals surface area contributed by atoms with Crippen LogP contribution in [0, 0.1) is 6.92 Å². The van der Waals surface area contributed by atoms with Crippen LogP contribution >= 0.6 is 11.6 Å². The van der Waals surface area contributed by atoms with E-state index in [9.17, 15) is 9.59 Å². The molecule has 1 aromatic carbocycles. The summed E-state index contributed by atoms with van der Waals surface area (Å²) in [4.78, 5) is 30.5. The van der Waals surface area contributed by atoms with E-state index in [2.05, 4.69) is 10.3 Å². The lowest BCUT2D eigenvalue weighted by molar-refractivity contribution is -0.117. The highest BCUT2D eigenvalue weighted by Crippen LogP contribution is 2.29. The summed E-state index contributed by atoms with van der Waals surface area (Å²) in [5, 5.41) is 3.26. The second-order valence-electron chi connectivity index (χ2n) is 5.43. The van der Waals surface area contributed by atoms with Gasteiger partial charge in [-0.05, 0) is 43.7 Å². The number of pyridine rings is 1. The van der Waals surface area contributed by atoms with E-state index < -0.39 is 0 Å². The van der Waals surface area contributed by atoms with E-state index in [1.807, 2.05) is 19.1 Å². The van der Waals surface area contributed by atoms with E-state index in [0.29, 0.717) is 35.1 Å². The first-order valence-corrected chi connectivity index (χ1v) is 7.77. The van der Waals surface area contributed by atoms with Crippen molar-refractivity contribution in [3.8, 4) is 0 Å². The quantitative estimate of drug-likeness (QED) is 0.938. The van der Waals surface area contributed by atoms with Gasteiger partial charge in [-0.3, -0.25) is 9.59 Å². The Kier molecular flexibility index (Phi) is 4.30. The van der Waals surface area contributed by atoms with Crippen molar-refractivity contribution in [2.75, 3.05) is 16.8 Å². The van der Waals surface area contributed by atoms with E-state index >= 15 is 0 Å². The number of nitrogens with one attached hydrogen (secondary N) is 1. The zero-order valence-electron chi connectivity index (χ0n) is 12.7. The van der Waals surface area contributed by atoms with Gasteiger partial charge in [0.05, 0.1) is 11.3 Å². The largest absolute Gasteiger partial charge is 0.312 e. The van der Waals surface area contributed by atoms with Gasteiger partial charge in [0.2, 0.25) is 5.91 Å². The second kappa shape index (κ2) is 6.38. The van der Waals surface area contributed by atoms with Crippen molar-refractivity contribution in [3.05, 3.63) is 52.7 Å². The van der Waals surface area contributed by atoms with Crippen molar-refractivity contribution in [1.82, 2.24) is 4.98 Å². The summed E-state index contributed by atoms with van der Waals surface area (Å²) in [6, 6.07) is 10.3. The standard InChI is InChI=1S/C17H16ClN3O2/c1-11-4-2-5-15(19-11)20-17(23)13-8-7-12(18)10-14(13)21-9-3-6-16(21)22/h2,4-5,7-8,10H,3,6,9H2,1H3,(H,19,20,23). The van der Waals surface area contributed by atoms with Crippen molar-refractivity contribution in [2.24, 2.45) is 0 Å². The highest BCUT2D eigenvalue weighted by Gasteiger charge is 2.26. The summed E-state index contributed by atoms with van der Waals surface area (Å²) < 4.78 is 0. The third kappa shape index (κ3) is 3.35. The zero-order chi connectivity index (χ0) is 16.4. The molecule has 1 aliphatic rings. The molecule has 2 amide bonds. The number of nitrogens with zero attached hydrogens (tertiary/aromatic N) is 2. The molecule has 2 heterocycles. The van der Waals surface area contributed by atoms with Crippen LogP contribution in [0.2, 0.25) is 5.02 Å². The molecule has 23 heavy (non-hydrogen) atoms. The number of anilines is 2. The van der Waals surface area contributed by atoms with Gasteiger partial charge in [0.1, 0.15) is 5.82 Å². The van der Waals surface area contributed by atoms with Crippen LogP contribution in [0.25, 0.3) is 0 Å². The van der Waals surface area contributed by atoms with Crippen molar-refractivity contribution in [3.63, 3.8) is 0 Å². The maximum absolute atomic E-state index is 12.6. The number of hydrogen-bond acceptors (Lipinski definition) is 3. The van der Waals surface area contributed by atoms with E-state index in [0.717, 1.165) is 12.1 Å². The van der Waals surface area contributed by atoms with Crippen LogP contribution < -0.4 is 10.2 Å². The number of benzene rings is 1. The fraction of sp³-hybridized carbons (Fsp3) is 0.235. The summed E-state index contributed by atoms with van der Waals surface area (Å²) in [5.74, 6) is 0.174. The van der Waals surface area contributed by atoms with Gasteiger partial charge in [-0.1, -0.05) is 17.7 Å². The van der Waals surface area contributed by atoms with E-state index in [-0.39, 0.29) is 11.8 Å². The SMILES string of the molecule is Cc1cccc(NC(=O)c2ccc(Cl)cc2N2CCCC2=O)n1. The number of aryl methyl sites for hydroxylation is 1. The average Bonchev–Trinajstić information content (AvgIpc) is 2.93. The smallest absolute Gasteiger partial charge is 0.258 e. The van der Waals surface area contributed by atoms with Gasteiger partial charge in [-0.2, -0.15) is 0 Å². The molecule has 0 radical (unpaired) electrons. The lowest BCUT2D eigenvalue weighted by Crippen LogP contribution is -2.27. The molecule has 1 aromatic heterocycles. The molecule has 0 aliphatic carbocycles. The minimum absolute atomic E-state index is 0.00926. The molecule has 0 unspecified atom stereocenters. The minimum atomic E-state index is -0.311. The fourth-order valence-electron chi connectivity index (χ4n) is 2.62. The Hall–Kier alpha value is -2.40. The zero-order valence-corrected chi connectivity index (χ0v) is 13.4. The maximum atomic E-state index is 12.6.